The average Bonchev–Trinajstić information content (AvgIpc) is 2.87. The molecular formula is C14H17BrClN3. The number of hydrogen-bond donors (Lipinski definition) is 1. The largest absolute Gasteiger partial charge is 0.313 e. The highest BCUT2D eigenvalue weighted by Crippen LogP contribution is 2.28. The van der Waals surface area contributed by atoms with Crippen LogP contribution in [0.5, 0.6) is 0 Å². The normalized spacial score (nSPS) is 12.6. The SMILES string of the molecule is CCn1cc(CC(NC)c2cc(Cl)ccc2Br)cn1. The Labute approximate surface area is 127 Å². The first kappa shape index (κ1) is 14.6. The number of aryl methyl sites for hydroxylation is 1. The molecule has 0 amide bonds. The lowest BCUT2D eigenvalue weighted by atomic mass is 10.0. The Balaban J connectivity index is 2.22. The van der Waals surface area contributed by atoms with Gasteiger partial charge < -0.3 is 5.32 Å². The molecule has 0 radical (unpaired) electrons. The van der Waals surface area contributed by atoms with Crippen molar-refractivity contribution in [2.75, 3.05) is 7.05 Å². The van der Waals surface area contributed by atoms with Crippen LogP contribution in [0.15, 0.2) is 35.1 Å². The summed E-state index contributed by atoms with van der Waals surface area (Å²) >= 11 is 9.67. The molecule has 102 valence electrons. The van der Waals surface area contributed by atoms with E-state index in [0.29, 0.717) is 0 Å². The maximum absolute atomic E-state index is 6.08. The highest BCUT2D eigenvalue weighted by molar-refractivity contribution is 9.10. The van der Waals surface area contributed by atoms with Crippen LogP contribution in [-0.2, 0) is 13.0 Å². The van der Waals surface area contributed by atoms with E-state index in [-0.39, 0.29) is 6.04 Å². The molecule has 1 aromatic carbocycles. The number of likely N-dealkylation sites (N-methyl/N-ethyl adjacent to an activating group) is 1. The average molecular weight is 343 g/mol. The first-order valence-electron chi connectivity index (χ1n) is 6.27. The summed E-state index contributed by atoms with van der Waals surface area (Å²) in [5, 5.41) is 8.40. The van der Waals surface area contributed by atoms with Crippen LogP contribution in [0, 0.1) is 0 Å². The molecule has 1 heterocycles. The first-order chi connectivity index (χ1) is 9.13. The van der Waals surface area contributed by atoms with Crippen molar-refractivity contribution in [1.29, 1.82) is 0 Å². The lowest BCUT2D eigenvalue weighted by molar-refractivity contribution is 0.588. The Morgan fingerprint density at radius 2 is 2.26 bits per heavy atom. The van der Waals surface area contributed by atoms with Crippen molar-refractivity contribution >= 4 is 27.5 Å². The van der Waals surface area contributed by atoms with E-state index in [1.807, 2.05) is 36.1 Å². The van der Waals surface area contributed by atoms with Crippen molar-refractivity contribution in [1.82, 2.24) is 15.1 Å². The second kappa shape index (κ2) is 6.55. The molecule has 1 aromatic heterocycles. The number of benzene rings is 1. The van der Waals surface area contributed by atoms with Gasteiger partial charge in [0.2, 0.25) is 0 Å². The number of hydrogen-bond acceptors (Lipinski definition) is 2. The molecule has 1 unspecified atom stereocenters. The molecule has 2 rings (SSSR count). The van der Waals surface area contributed by atoms with E-state index in [9.17, 15) is 0 Å². The fourth-order valence-electron chi connectivity index (χ4n) is 2.07. The number of nitrogens with one attached hydrogen (secondary N) is 1. The molecule has 5 heteroatoms. The van der Waals surface area contributed by atoms with E-state index in [0.717, 1.165) is 22.5 Å². The minimum Gasteiger partial charge on any atom is -0.313 e. The lowest BCUT2D eigenvalue weighted by Crippen LogP contribution is -2.19. The highest BCUT2D eigenvalue weighted by atomic mass is 79.9. The molecule has 0 aliphatic heterocycles. The van der Waals surface area contributed by atoms with Crippen molar-refractivity contribution in [3.05, 3.63) is 51.2 Å². The van der Waals surface area contributed by atoms with Gasteiger partial charge in [0.1, 0.15) is 0 Å². The quantitative estimate of drug-likeness (QED) is 0.895. The van der Waals surface area contributed by atoms with Crippen LogP contribution in [0.25, 0.3) is 0 Å². The molecule has 0 bridgehead atoms. The van der Waals surface area contributed by atoms with Gasteiger partial charge in [-0.05, 0) is 49.7 Å². The Morgan fingerprint density at radius 1 is 1.47 bits per heavy atom. The van der Waals surface area contributed by atoms with Gasteiger partial charge >= 0.3 is 0 Å². The van der Waals surface area contributed by atoms with E-state index in [4.69, 9.17) is 11.6 Å². The zero-order valence-electron chi connectivity index (χ0n) is 11.0. The summed E-state index contributed by atoms with van der Waals surface area (Å²) in [4.78, 5) is 0. The molecule has 2 aromatic rings. The summed E-state index contributed by atoms with van der Waals surface area (Å²) in [5.41, 5.74) is 2.38. The van der Waals surface area contributed by atoms with Gasteiger partial charge in [0.25, 0.3) is 0 Å². The van der Waals surface area contributed by atoms with Crippen molar-refractivity contribution in [2.45, 2.75) is 25.9 Å². The molecule has 0 saturated carbocycles. The van der Waals surface area contributed by atoms with E-state index in [2.05, 4.69) is 39.5 Å². The van der Waals surface area contributed by atoms with Crippen molar-refractivity contribution in [2.24, 2.45) is 0 Å². The lowest BCUT2D eigenvalue weighted by Gasteiger charge is -2.17. The predicted octanol–water partition coefficient (Wildman–Crippen LogP) is 3.82. The molecule has 0 aliphatic carbocycles. The zero-order valence-corrected chi connectivity index (χ0v) is 13.4. The number of halogens is 2. The summed E-state index contributed by atoms with van der Waals surface area (Å²) in [5.74, 6) is 0. The smallest absolute Gasteiger partial charge is 0.0522 e. The summed E-state index contributed by atoms with van der Waals surface area (Å²) in [6.45, 7) is 2.98. The fourth-order valence-corrected chi connectivity index (χ4v) is 2.77. The molecule has 0 aliphatic rings. The van der Waals surface area contributed by atoms with Crippen molar-refractivity contribution in [3.8, 4) is 0 Å². The molecular weight excluding hydrogens is 326 g/mol. The maximum atomic E-state index is 6.08. The van der Waals surface area contributed by atoms with E-state index >= 15 is 0 Å². The Hall–Kier alpha value is -0.840. The standard InChI is InChI=1S/C14H17BrClN3/c1-3-19-9-10(8-18-19)6-14(17-2)12-7-11(16)4-5-13(12)15/h4-5,7-9,14,17H,3,6H2,1-2H3. The minimum absolute atomic E-state index is 0.211. The summed E-state index contributed by atoms with van der Waals surface area (Å²) in [6.07, 6.45) is 4.89. The Morgan fingerprint density at radius 3 is 2.89 bits per heavy atom. The third-order valence-electron chi connectivity index (χ3n) is 3.13. The monoisotopic (exact) mass is 341 g/mol. The summed E-state index contributed by atoms with van der Waals surface area (Å²) in [7, 11) is 1.96. The number of nitrogens with zero attached hydrogens (tertiary/aromatic N) is 2. The van der Waals surface area contributed by atoms with Crippen LogP contribution in [-0.4, -0.2) is 16.8 Å². The van der Waals surface area contributed by atoms with Gasteiger partial charge in [-0.2, -0.15) is 5.10 Å². The molecule has 1 atom stereocenters. The topological polar surface area (TPSA) is 29.9 Å². The Bertz CT molecular complexity index is 553. The molecule has 3 nitrogen and oxygen atoms in total. The minimum atomic E-state index is 0.211. The second-order valence-corrected chi connectivity index (χ2v) is 5.71. The van der Waals surface area contributed by atoms with Gasteiger partial charge in [0, 0.05) is 28.3 Å². The van der Waals surface area contributed by atoms with Crippen LogP contribution in [0.2, 0.25) is 5.02 Å². The van der Waals surface area contributed by atoms with Gasteiger partial charge in [0.05, 0.1) is 6.20 Å². The van der Waals surface area contributed by atoms with Crippen LogP contribution in [0.1, 0.15) is 24.1 Å². The van der Waals surface area contributed by atoms with Gasteiger partial charge in [-0.3, -0.25) is 4.68 Å². The first-order valence-corrected chi connectivity index (χ1v) is 7.44. The number of rotatable bonds is 5. The predicted molar refractivity (Wildman–Crippen MR) is 82.6 cm³/mol. The summed E-state index contributed by atoms with van der Waals surface area (Å²) < 4.78 is 3.01. The molecule has 0 saturated heterocycles. The molecule has 19 heavy (non-hydrogen) atoms. The van der Waals surface area contributed by atoms with Crippen molar-refractivity contribution < 1.29 is 0 Å². The molecule has 1 N–H and O–H groups in total. The highest BCUT2D eigenvalue weighted by Gasteiger charge is 2.14. The van der Waals surface area contributed by atoms with Gasteiger partial charge in [-0.1, -0.05) is 27.5 Å². The molecule has 0 fully saturated rings. The van der Waals surface area contributed by atoms with Crippen LogP contribution >= 0.6 is 27.5 Å². The second-order valence-electron chi connectivity index (χ2n) is 4.42. The van der Waals surface area contributed by atoms with Gasteiger partial charge in [-0.25, -0.2) is 0 Å². The van der Waals surface area contributed by atoms with Crippen LogP contribution in [0.4, 0.5) is 0 Å². The third-order valence-corrected chi connectivity index (χ3v) is 4.09. The van der Waals surface area contributed by atoms with Gasteiger partial charge in [0.15, 0.2) is 0 Å². The van der Waals surface area contributed by atoms with Crippen LogP contribution in [0.3, 0.4) is 0 Å². The van der Waals surface area contributed by atoms with E-state index in [1.165, 1.54) is 11.1 Å². The van der Waals surface area contributed by atoms with Crippen LogP contribution < -0.4 is 5.32 Å². The van der Waals surface area contributed by atoms with Gasteiger partial charge in [-0.15, -0.1) is 0 Å². The van der Waals surface area contributed by atoms with E-state index < -0.39 is 0 Å². The summed E-state index contributed by atoms with van der Waals surface area (Å²) in [6, 6.07) is 6.08. The molecule has 0 spiro atoms. The van der Waals surface area contributed by atoms with Crippen molar-refractivity contribution in [3.63, 3.8) is 0 Å². The maximum Gasteiger partial charge on any atom is 0.0522 e. The fraction of sp³-hybridized carbons (Fsp3) is 0.357. The van der Waals surface area contributed by atoms with E-state index in [1.54, 1.807) is 0 Å². The Kier molecular flexibility index (Phi) is 5.02. The third kappa shape index (κ3) is 3.59. The number of aromatic nitrogens is 2. The zero-order chi connectivity index (χ0) is 13.8.